The summed E-state index contributed by atoms with van der Waals surface area (Å²) in [5, 5.41) is 14.5. The van der Waals surface area contributed by atoms with Crippen LogP contribution in [0, 0.1) is 5.41 Å². The van der Waals surface area contributed by atoms with E-state index in [1.54, 1.807) is 24.3 Å². The minimum Gasteiger partial charge on any atom is -0.409 e. The summed E-state index contributed by atoms with van der Waals surface area (Å²) in [6.45, 7) is -0.0592. The van der Waals surface area contributed by atoms with E-state index in [0.717, 1.165) is 0 Å². The molecule has 0 bridgehead atoms. The Hall–Kier alpha value is -2.57. The molecule has 1 saturated carbocycles. The molecule has 0 saturated heterocycles. The summed E-state index contributed by atoms with van der Waals surface area (Å²) < 4.78 is 0. The Balaban J connectivity index is 1.99. The molecule has 2 aliphatic rings. The van der Waals surface area contributed by atoms with Crippen molar-refractivity contribution < 1.29 is 14.8 Å². The Morgan fingerprint density at radius 3 is 2.75 bits per heavy atom. The number of rotatable bonds is 2. The molecule has 1 heterocycles. The van der Waals surface area contributed by atoms with Crippen molar-refractivity contribution in [2.45, 2.75) is 12.8 Å². The summed E-state index contributed by atoms with van der Waals surface area (Å²) in [5.41, 5.74) is 5.89. The Morgan fingerprint density at radius 2 is 2.10 bits per heavy atom. The number of amides is 2. The fourth-order valence-electron chi connectivity index (χ4n) is 2.47. The first-order valence-corrected chi connectivity index (χ1v) is 6.27. The molecule has 0 unspecified atom stereocenters. The molecule has 3 rings (SSSR count). The average Bonchev–Trinajstić information content (AvgIpc) is 3.26. The van der Waals surface area contributed by atoms with Gasteiger partial charge in [0.25, 0.3) is 0 Å². The molecule has 104 valence electrons. The molecule has 7 heteroatoms. The van der Waals surface area contributed by atoms with E-state index in [1.165, 1.54) is 4.90 Å². The monoisotopic (exact) mass is 274 g/mol. The number of nitrogens with two attached hydrogens (primary N) is 1. The first-order chi connectivity index (χ1) is 9.58. The van der Waals surface area contributed by atoms with Gasteiger partial charge >= 0.3 is 0 Å². The van der Waals surface area contributed by atoms with E-state index in [9.17, 15) is 9.59 Å². The first-order valence-electron chi connectivity index (χ1n) is 6.27. The summed E-state index contributed by atoms with van der Waals surface area (Å²) in [7, 11) is 0. The minimum absolute atomic E-state index is 0.0592. The molecule has 1 aromatic rings. The average molecular weight is 274 g/mol. The normalized spacial score (nSPS) is 20.1. The lowest BCUT2D eigenvalue weighted by molar-refractivity contribution is -0.124. The number of nitrogens with zero attached hydrogens (tertiary/aromatic N) is 2. The molecule has 1 fully saturated rings. The third-order valence-corrected chi connectivity index (χ3v) is 3.77. The van der Waals surface area contributed by atoms with Gasteiger partial charge in [-0.1, -0.05) is 17.3 Å². The van der Waals surface area contributed by atoms with E-state index >= 15 is 0 Å². The highest BCUT2D eigenvalue weighted by molar-refractivity contribution is 6.19. The zero-order valence-corrected chi connectivity index (χ0v) is 10.7. The predicted molar refractivity (Wildman–Crippen MR) is 72.5 cm³/mol. The van der Waals surface area contributed by atoms with Gasteiger partial charge < -0.3 is 21.2 Å². The number of benzene rings is 1. The number of amidine groups is 1. The minimum atomic E-state index is -0.959. The quantitative estimate of drug-likeness (QED) is 0.316. The van der Waals surface area contributed by atoms with E-state index < -0.39 is 5.41 Å². The molecule has 1 aliphatic heterocycles. The van der Waals surface area contributed by atoms with Gasteiger partial charge in [0.15, 0.2) is 5.84 Å². The maximum Gasteiger partial charge on any atom is 0.244 e. The second-order valence-electron chi connectivity index (χ2n) is 5.02. The van der Waals surface area contributed by atoms with Crippen LogP contribution >= 0.6 is 0 Å². The van der Waals surface area contributed by atoms with Gasteiger partial charge in [-0.3, -0.25) is 9.59 Å². The van der Waals surface area contributed by atoms with Crippen LogP contribution in [-0.2, 0) is 9.59 Å². The highest BCUT2D eigenvalue weighted by atomic mass is 16.4. The second-order valence-corrected chi connectivity index (χ2v) is 5.02. The highest BCUT2D eigenvalue weighted by Crippen LogP contribution is 2.48. The molecule has 0 aromatic heterocycles. The van der Waals surface area contributed by atoms with Crippen molar-refractivity contribution in [2.75, 3.05) is 16.8 Å². The van der Waals surface area contributed by atoms with Crippen LogP contribution < -0.4 is 16.0 Å². The lowest BCUT2D eigenvalue weighted by Crippen LogP contribution is -2.49. The smallest absolute Gasteiger partial charge is 0.244 e. The van der Waals surface area contributed by atoms with Crippen LogP contribution in [0.15, 0.2) is 29.4 Å². The van der Waals surface area contributed by atoms with Crippen molar-refractivity contribution in [1.82, 2.24) is 0 Å². The number of fused-ring (bicyclic) bond motifs is 1. The highest BCUT2D eigenvalue weighted by Gasteiger charge is 2.56. The largest absolute Gasteiger partial charge is 0.409 e. The Labute approximate surface area is 115 Å². The second kappa shape index (κ2) is 4.22. The molecule has 1 aromatic carbocycles. The van der Waals surface area contributed by atoms with Crippen LogP contribution in [0.5, 0.6) is 0 Å². The van der Waals surface area contributed by atoms with Crippen LogP contribution in [0.1, 0.15) is 12.8 Å². The van der Waals surface area contributed by atoms with Crippen LogP contribution in [0.4, 0.5) is 11.4 Å². The molecule has 1 aliphatic carbocycles. The van der Waals surface area contributed by atoms with E-state index in [0.29, 0.717) is 24.2 Å². The van der Waals surface area contributed by atoms with Gasteiger partial charge in [0.2, 0.25) is 11.8 Å². The van der Waals surface area contributed by atoms with Crippen molar-refractivity contribution in [1.29, 1.82) is 0 Å². The topological polar surface area (TPSA) is 108 Å². The molecular weight excluding hydrogens is 260 g/mol. The predicted octanol–water partition coefficient (Wildman–Crippen LogP) is 0.498. The molecule has 2 amide bonds. The number of nitrogens with one attached hydrogen (secondary N) is 1. The van der Waals surface area contributed by atoms with Crippen LogP contribution in [0.3, 0.4) is 0 Å². The number of oxime groups is 1. The summed E-state index contributed by atoms with van der Waals surface area (Å²) in [4.78, 5) is 25.8. The van der Waals surface area contributed by atoms with E-state index in [4.69, 9.17) is 10.9 Å². The fourth-order valence-corrected chi connectivity index (χ4v) is 2.47. The zero-order chi connectivity index (χ0) is 14.3. The summed E-state index contributed by atoms with van der Waals surface area (Å²) >= 11 is 0. The first kappa shape index (κ1) is 12.5. The zero-order valence-electron chi connectivity index (χ0n) is 10.7. The van der Waals surface area contributed by atoms with E-state index in [-0.39, 0.29) is 24.2 Å². The number of carbonyl (C=O) groups is 2. The van der Waals surface area contributed by atoms with Gasteiger partial charge in [0.05, 0.1) is 11.4 Å². The molecule has 0 radical (unpaired) electrons. The third-order valence-electron chi connectivity index (χ3n) is 3.77. The van der Waals surface area contributed by atoms with Crippen molar-refractivity contribution in [3.05, 3.63) is 24.3 Å². The van der Waals surface area contributed by atoms with Crippen molar-refractivity contribution >= 4 is 29.0 Å². The maximum absolute atomic E-state index is 12.7. The lowest BCUT2D eigenvalue weighted by atomic mass is 10.0. The Bertz CT molecular complexity index is 622. The van der Waals surface area contributed by atoms with Crippen LogP contribution in [-0.4, -0.2) is 29.4 Å². The summed E-state index contributed by atoms with van der Waals surface area (Å²) in [5.74, 6) is -0.645. The van der Waals surface area contributed by atoms with Gasteiger partial charge in [-0.05, 0) is 25.0 Å². The Kier molecular flexibility index (Phi) is 2.63. The standard InChI is InChI=1S/C13H14N4O3/c14-11(16-20)13(5-6-13)12(19)17-7-10(18)15-8-3-1-2-4-9(8)17/h1-4,20H,5-7H2,(H2,14,16)(H,15,18). The molecule has 7 nitrogen and oxygen atoms in total. The number of carbonyl (C=O) groups excluding carboxylic acids is 2. The van der Waals surface area contributed by atoms with Crippen molar-refractivity contribution in [2.24, 2.45) is 16.3 Å². The number of anilines is 2. The molecular formula is C13H14N4O3. The van der Waals surface area contributed by atoms with Gasteiger partial charge in [0.1, 0.15) is 12.0 Å². The third kappa shape index (κ3) is 1.70. The van der Waals surface area contributed by atoms with Gasteiger partial charge in [-0.2, -0.15) is 0 Å². The van der Waals surface area contributed by atoms with Gasteiger partial charge in [0, 0.05) is 0 Å². The lowest BCUT2D eigenvalue weighted by Gasteiger charge is -2.31. The SMILES string of the molecule is N/C(=N/O)C1(C(=O)N2CC(=O)Nc3ccccc32)CC1. The molecule has 4 N–H and O–H groups in total. The maximum atomic E-state index is 12.7. The summed E-state index contributed by atoms with van der Waals surface area (Å²) in [6, 6.07) is 7.06. The summed E-state index contributed by atoms with van der Waals surface area (Å²) in [6.07, 6.45) is 1.06. The molecule has 20 heavy (non-hydrogen) atoms. The molecule has 0 atom stereocenters. The number of para-hydroxylation sites is 2. The van der Waals surface area contributed by atoms with Crippen LogP contribution in [0.2, 0.25) is 0 Å². The molecule has 0 spiro atoms. The van der Waals surface area contributed by atoms with Gasteiger partial charge in [-0.25, -0.2) is 0 Å². The van der Waals surface area contributed by atoms with Crippen molar-refractivity contribution in [3.63, 3.8) is 0 Å². The van der Waals surface area contributed by atoms with Crippen LogP contribution in [0.25, 0.3) is 0 Å². The Morgan fingerprint density at radius 1 is 1.40 bits per heavy atom. The van der Waals surface area contributed by atoms with E-state index in [1.807, 2.05) is 0 Å². The van der Waals surface area contributed by atoms with Gasteiger partial charge in [-0.15, -0.1) is 0 Å². The van der Waals surface area contributed by atoms with Crippen molar-refractivity contribution in [3.8, 4) is 0 Å². The van der Waals surface area contributed by atoms with E-state index in [2.05, 4.69) is 10.5 Å². The number of hydrogen-bond acceptors (Lipinski definition) is 4. The number of hydrogen-bond donors (Lipinski definition) is 3. The fraction of sp³-hybridized carbons (Fsp3) is 0.308.